The predicted octanol–water partition coefficient (Wildman–Crippen LogP) is 3.79. The second-order valence-corrected chi connectivity index (χ2v) is 5.05. The third-order valence-corrected chi connectivity index (χ3v) is 3.50. The third kappa shape index (κ3) is 1.92. The molecule has 0 aliphatic rings. The van der Waals surface area contributed by atoms with Gasteiger partial charge in [-0.2, -0.15) is 0 Å². The van der Waals surface area contributed by atoms with E-state index in [2.05, 4.69) is 34.3 Å². The Morgan fingerprint density at radius 1 is 0.938 bits per heavy atom. The topological polar surface area (TPSA) is 20.2 Å². The molecule has 1 nitrogen and oxygen atoms in total. The van der Waals surface area contributed by atoms with E-state index in [9.17, 15) is 5.11 Å². The van der Waals surface area contributed by atoms with Crippen molar-refractivity contribution >= 4 is 6.08 Å². The lowest BCUT2D eigenvalue weighted by molar-refractivity contribution is 0.0771. The average molecular weight is 218 g/mol. The summed E-state index contributed by atoms with van der Waals surface area (Å²) < 4.78 is 0. The summed E-state index contributed by atoms with van der Waals surface area (Å²) in [7, 11) is 0. The molecule has 0 aromatic heterocycles. The quantitative estimate of drug-likeness (QED) is 0.800. The van der Waals surface area contributed by atoms with Crippen molar-refractivity contribution in [3.05, 3.63) is 40.0 Å². The molecular weight excluding hydrogens is 196 g/mol. The molecule has 0 radical (unpaired) electrons. The highest BCUT2D eigenvalue weighted by molar-refractivity contribution is 5.63. The summed E-state index contributed by atoms with van der Waals surface area (Å²) in [6, 6.07) is 0. The summed E-state index contributed by atoms with van der Waals surface area (Å²) >= 11 is 0. The lowest BCUT2D eigenvalue weighted by Crippen LogP contribution is -2.20. The van der Waals surface area contributed by atoms with E-state index in [0.717, 1.165) is 5.56 Å². The van der Waals surface area contributed by atoms with Gasteiger partial charge in [0.05, 0.1) is 5.60 Å². The fraction of sp³-hybridized carbons (Fsp3) is 0.467. The van der Waals surface area contributed by atoms with Crippen LogP contribution >= 0.6 is 0 Å². The van der Waals surface area contributed by atoms with E-state index in [1.165, 1.54) is 27.8 Å². The van der Waals surface area contributed by atoms with Gasteiger partial charge in [0.25, 0.3) is 0 Å². The molecule has 0 atom stereocenters. The number of hydrogen-bond donors (Lipinski definition) is 1. The highest BCUT2D eigenvalue weighted by Crippen LogP contribution is 2.33. The molecule has 0 saturated carbocycles. The first kappa shape index (κ1) is 13.0. The van der Waals surface area contributed by atoms with Crippen molar-refractivity contribution in [2.24, 2.45) is 0 Å². The second kappa shape index (κ2) is 4.06. The maximum Gasteiger partial charge on any atom is 0.0845 e. The van der Waals surface area contributed by atoms with E-state index in [0.29, 0.717) is 0 Å². The molecule has 0 saturated heterocycles. The Balaban J connectivity index is 3.74. The van der Waals surface area contributed by atoms with Crippen LogP contribution in [-0.4, -0.2) is 5.11 Å². The molecule has 1 N–H and O–H groups in total. The summed E-state index contributed by atoms with van der Waals surface area (Å²) in [5, 5.41) is 10.2. The Kier molecular flexibility index (Phi) is 3.30. The Bertz CT molecular complexity index is 405. The lowest BCUT2D eigenvalue weighted by atomic mass is 9.82. The summed E-state index contributed by atoms with van der Waals surface area (Å²) in [6.07, 6.45) is 1.90. The zero-order chi connectivity index (χ0) is 12.7. The highest BCUT2D eigenvalue weighted by Gasteiger charge is 2.24. The molecule has 0 aliphatic heterocycles. The predicted molar refractivity (Wildman–Crippen MR) is 70.7 cm³/mol. The van der Waals surface area contributed by atoms with Gasteiger partial charge >= 0.3 is 0 Å². The van der Waals surface area contributed by atoms with E-state index in [1.807, 2.05) is 19.9 Å². The van der Waals surface area contributed by atoms with Crippen LogP contribution in [0.15, 0.2) is 6.58 Å². The van der Waals surface area contributed by atoms with Gasteiger partial charge in [0.2, 0.25) is 0 Å². The van der Waals surface area contributed by atoms with Gasteiger partial charge in [-0.15, -0.1) is 0 Å². The molecular formula is C15H22O. The molecule has 0 spiro atoms. The van der Waals surface area contributed by atoms with E-state index >= 15 is 0 Å². The van der Waals surface area contributed by atoms with Crippen LogP contribution in [0.25, 0.3) is 6.08 Å². The van der Waals surface area contributed by atoms with Crippen LogP contribution in [0.3, 0.4) is 0 Å². The second-order valence-electron chi connectivity index (χ2n) is 5.05. The molecule has 0 heterocycles. The van der Waals surface area contributed by atoms with Crippen molar-refractivity contribution in [2.75, 3.05) is 0 Å². The van der Waals surface area contributed by atoms with Crippen LogP contribution in [-0.2, 0) is 5.60 Å². The van der Waals surface area contributed by atoms with Gasteiger partial charge < -0.3 is 5.11 Å². The third-order valence-electron chi connectivity index (χ3n) is 3.50. The zero-order valence-electron chi connectivity index (χ0n) is 11.2. The normalized spacial score (nSPS) is 11.7. The molecule has 1 rings (SSSR count). The Labute approximate surface area is 98.8 Å². The van der Waals surface area contributed by atoms with Gasteiger partial charge in [-0.1, -0.05) is 12.7 Å². The fourth-order valence-electron chi connectivity index (χ4n) is 2.57. The minimum Gasteiger partial charge on any atom is -0.386 e. The molecule has 88 valence electrons. The lowest BCUT2D eigenvalue weighted by Gasteiger charge is -2.27. The largest absolute Gasteiger partial charge is 0.386 e. The molecule has 0 amide bonds. The van der Waals surface area contributed by atoms with Crippen molar-refractivity contribution in [1.29, 1.82) is 0 Å². The van der Waals surface area contributed by atoms with Gasteiger partial charge in [0.15, 0.2) is 0 Å². The molecule has 0 bridgehead atoms. The number of benzene rings is 1. The zero-order valence-corrected chi connectivity index (χ0v) is 11.2. The van der Waals surface area contributed by atoms with Crippen LogP contribution in [0.5, 0.6) is 0 Å². The summed E-state index contributed by atoms with van der Waals surface area (Å²) in [4.78, 5) is 0. The molecule has 16 heavy (non-hydrogen) atoms. The van der Waals surface area contributed by atoms with Gasteiger partial charge in [-0.3, -0.25) is 0 Å². The average Bonchev–Trinajstić information content (AvgIpc) is 2.14. The number of rotatable bonds is 2. The Morgan fingerprint density at radius 3 is 1.56 bits per heavy atom. The van der Waals surface area contributed by atoms with E-state index in [4.69, 9.17) is 0 Å². The monoisotopic (exact) mass is 218 g/mol. The summed E-state index contributed by atoms with van der Waals surface area (Å²) in [5.41, 5.74) is 6.24. The summed E-state index contributed by atoms with van der Waals surface area (Å²) in [5.74, 6) is 0. The minimum atomic E-state index is -0.788. The fourth-order valence-corrected chi connectivity index (χ4v) is 2.57. The van der Waals surface area contributed by atoms with Crippen molar-refractivity contribution in [3.8, 4) is 0 Å². The first-order valence-electron chi connectivity index (χ1n) is 5.67. The number of hydrogen-bond acceptors (Lipinski definition) is 1. The first-order valence-corrected chi connectivity index (χ1v) is 5.67. The molecule has 1 aromatic rings. The summed E-state index contributed by atoms with van der Waals surface area (Å²) in [6.45, 7) is 15.9. The van der Waals surface area contributed by atoms with Crippen LogP contribution in [0.2, 0.25) is 0 Å². The van der Waals surface area contributed by atoms with Gasteiger partial charge in [0, 0.05) is 0 Å². The Morgan fingerprint density at radius 2 is 1.31 bits per heavy atom. The van der Waals surface area contributed by atoms with Crippen LogP contribution < -0.4 is 0 Å². The maximum atomic E-state index is 10.2. The SMILES string of the molecule is C=Cc1c(C)c(C)c(C(C)(C)O)c(C)c1C. The van der Waals surface area contributed by atoms with Gasteiger partial charge in [-0.25, -0.2) is 0 Å². The van der Waals surface area contributed by atoms with Crippen LogP contribution in [0.1, 0.15) is 47.2 Å². The van der Waals surface area contributed by atoms with Gasteiger partial charge in [-0.05, 0) is 74.9 Å². The van der Waals surface area contributed by atoms with E-state index in [-0.39, 0.29) is 0 Å². The van der Waals surface area contributed by atoms with Crippen LogP contribution in [0.4, 0.5) is 0 Å². The van der Waals surface area contributed by atoms with Crippen LogP contribution in [0, 0.1) is 27.7 Å². The Hall–Kier alpha value is -1.08. The van der Waals surface area contributed by atoms with Crippen molar-refractivity contribution in [3.63, 3.8) is 0 Å². The maximum absolute atomic E-state index is 10.2. The van der Waals surface area contributed by atoms with E-state index in [1.54, 1.807) is 0 Å². The number of aliphatic hydroxyl groups is 1. The minimum absolute atomic E-state index is 0.788. The van der Waals surface area contributed by atoms with E-state index < -0.39 is 5.60 Å². The highest BCUT2D eigenvalue weighted by atomic mass is 16.3. The molecule has 0 unspecified atom stereocenters. The van der Waals surface area contributed by atoms with Gasteiger partial charge in [0.1, 0.15) is 0 Å². The molecule has 1 aromatic carbocycles. The van der Waals surface area contributed by atoms with Crippen molar-refractivity contribution in [1.82, 2.24) is 0 Å². The first-order chi connectivity index (χ1) is 7.21. The molecule has 1 heteroatoms. The smallest absolute Gasteiger partial charge is 0.0845 e. The standard InChI is InChI=1S/C15H22O/c1-8-13-9(2)11(4)14(15(6,7)16)12(5)10(13)3/h8,16H,1H2,2-7H3. The van der Waals surface area contributed by atoms with Crippen molar-refractivity contribution < 1.29 is 5.11 Å². The van der Waals surface area contributed by atoms with Crippen molar-refractivity contribution in [2.45, 2.75) is 47.1 Å². The molecule has 0 aliphatic carbocycles. The molecule has 0 fully saturated rings.